The monoisotopic (exact) mass is 467 g/mol. The molecule has 0 aromatic heterocycles. The molecule has 4 fully saturated rings. The molecule has 0 aromatic rings. The van der Waals surface area contributed by atoms with Gasteiger partial charge in [-0.1, -0.05) is 13.3 Å². The van der Waals surface area contributed by atoms with Crippen molar-refractivity contribution in [2.24, 2.45) is 17.6 Å². The van der Waals surface area contributed by atoms with Crippen molar-refractivity contribution in [1.82, 2.24) is 31.3 Å². The Morgan fingerprint density at radius 3 is 2.75 bits per heavy atom. The molecule has 0 aromatic carbocycles. The zero-order valence-corrected chi connectivity index (χ0v) is 20.3. The lowest BCUT2D eigenvalue weighted by Crippen LogP contribution is -2.54. The van der Waals surface area contributed by atoms with Crippen LogP contribution in [0.1, 0.15) is 51.9 Å². The lowest BCUT2D eigenvalue weighted by molar-refractivity contribution is -0.136. The predicted octanol–water partition coefficient (Wildman–Crippen LogP) is -0.00840. The molecule has 4 aliphatic rings. The minimum atomic E-state index is -0.274. The van der Waals surface area contributed by atoms with Crippen LogP contribution in [-0.4, -0.2) is 83.8 Å². The Kier molecular flexibility index (Phi) is 8.33. The molecule has 182 valence electrons. The lowest BCUT2D eigenvalue weighted by Gasteiger charge is -2.36. The van der Waals surface area contributed by atoms with Crippen molar-refractivity contribution in [3.05, 3.63) is 0 Å². The van der Waals surface area contributed by atoms with E-state index in [4.69, 9.17) is 5.73 Å². The van der Waals surface area contributed by atoms with Crippen molar-refractivity contribution in [3.63, 3.8) is 0 Å². The number of carbonyl (C=O) groups excluding carboxylic acids is 2. The van der Waals surface area contributed by atoms with E-state index in [0.717, 1.165) is 45.3 Å². The van der Waals surface area contributed by atoms with Gasteiger partial charge in [-0.2, -0.15) is 0 Å². The minimum Gasteiger partial charge on any atom is -0.352 e. The number of amides is 2. The Bertz CT molecular complexity index is 668. The van der Waals surface area contributed by atoms with Crippen LogP contribution in [0.2, 0.25) is 0 Å². The third-order valence-corrected chi connectivity index (χ3v) is 9.18. The summed E-state index contributed by atoms with van der Waals surface area (Å²) >= 11 is 1.96. The highest BCUT2D eigenvalue weighted by Gasteiger charge is 2.36. The summed E-state index contributed by atoms with van der Waals surface area (Å²) in [6.07, 6.45) is 6.72. The topological polar surface area (TPSA) is 115 Å². The number of hydrogen-bond acceptors (Lipinski definition) is 8. The molecule has 3 heterocycles. The van der Waals surface area contributed by atoms with Crippen LogP contribution in [-0.2, 0) is 9.59 Å². The SMILES string of the molecule is C[C@H](SC1NNCN1C)C1CCCC(NC(=O)C2CC(C(=O)N3CC[C@@H](N)C3)CCN2)C1. The van der Waals surface area contributed by atoms with E-state index in [-0.39, 0.29) is 35.9 Å². The number of hydrazine groups is 1. The first kappa shape index (κ1) is 24.2. The zero-order chi connectivity index (χ0) is 22.7. The first-order chi connectivity index (χ1) is 15.4. The predicted molar refractivity (Wildman–Crippen MR) is 127 cm³/mol. The number of nitrogens with zero attached hydrogens (tertiary/aromatic N) is 2. The van der Waals surface area contributed by atoms with Crippen LogP contribution in [0.25, 0.3) is 0 Å². The molecule has 5 unspecified atom stereocenters. The van der Waals surface area contributed by atoms with Crippen LogP contribution in [0.5, 0.6) is 0 Å². The van der Waals surface area contributed by atoms with Gasteiger partial charge in [-0.05, 0) is 58.0 Å². The second-order valence-corrected chi connectivity index (χ2v) is 11.6. The first-order valence-corrected chi connectivity index (χ1v) is 13.3. The van der Waals surface area contributed by atoms with Crippen molar-refractivity contribution >= 4 is 23.6 Å². The van der Waals surface area contributed by atoms with Gasteiger partial charge in [0, 0.05) is 36.3 Å². The summed E-state index contributed by atoms with van der Waals surface area (Å²) in [4.78, 5) is 30.1. The minimum absolute atomic E-state index is 0.0629. The van der Waals surface area contributed by atoms with Crippen molar-refractivity contribution in [1.29, 1.82) is 0 Å². The fourth-order valence-electron chi connectivity index (χ4n) is 5.58. The summed E-state index contributed by atoms with van der Waals surface area (Å²) in [5, 5.41) is 7.19. The van der Waals surface area contributed by atoms with Gasteiger partial charge in [0.05, 0.1) is 12.7 Å². The highest BCUT2D eigenvalue weighted by Crippen LogP contribution is 2.35. The third-order valence-electron chi connectivity index (χ3n) is 7.63. The summed E-state index contributed by atoms with van der Waals surface area (Å²) in [6, 6.07) is 0.0513. The van der Waals surface area contributed by atoms with Gasteiger partial charge in [0.1, 0.15) is 5.50 Å². The smallest absolute Gasteiger partial charge is 0.237 e. The lowest BCUT2D eigenvalue weighted by atomic mass is 9.83. The molecule has 3 saturated heterocycles. The zero-order valence-electron chi connectivity index (χ0n) is 19.5. The molecule has 2 amide bonds. The molecule has 9 nitrogen and oxygen atoms in total. The van der Waals surface area contributed by atoms with E-state index in [9.17, 15) is 9.59 Å². The van der Waals surface area contributed by atoms with Gasteiger partial charge < -0.3 is 21.3 Å². The van der Waals surface area contributed by atoms with Gasteiger partial charge in [0.15, 0.2) is 0 Å². The number of thioether (sulfide) groups is 1. The largest absolute Gasteiger partial charge is 0.352 e. The van der Waals surface area contributed by atoms with E-state index in [1.165, 1.54) is 6.42 Å². The second kappa shape index (κ2) is 11.0. The fourth-order valence-corrected chi connectivity index (χ4v) is 6.89. The van der Waals surface area contributed by atoms with Gasteiger partial charge >= 0.3 is 0 Å². The van der Waals surface area contributed by atoms with Crippen molar-refractivity contribution < 1.29 is 9.59 Å². The number of nitrogens with two attached hydrogens (primary N) is 1. The quantitative estimate of drug-likeness (QED) is 0.371. The van der Waals surface area contributed by atoms with Crippen LogP contribution in [0.4, 0.5) is 0 Å². The summed E-state index contributed by atoms with van der Waals surface area (Å²) in [5.41, 5.74) is 12.8. The van der Waals surface area contributed by atoms with Gasteiger partial charge in [-0.3, -0.25) is 14.5 Å². The molecule has 1 aliphatic carbocycles. The number of likely N-dealkylation sites (tertiary alicyclic amines) is 1. The van der Waals surface area contributed by atoms with Crippen LogP contribution >= 0.6 is 11.8 Å². The maximum atomic E-state index is 13.1. The Hall–Kier alpha value is -0.910. The van der Waals surface area contributed by atoms with Crippen molar-refractivity contribution in [2.45, 2.75) is 80.7 Å². The molecule has 0 bridgehead atoms. The third kappa shape index (κ3) is 5.95. The number of piperidine rings is 1. The normalized spacial score (nSPS) is 37.4. The second-order valence-electron chi connectivity index (χ2n) is 10.1. The van der Waals surface area contributed by atoms with Gasteiger partial charge in [-0.25, -0.2) is 10.9 Å². The Morgan fingerprint density at radius 2 is 2.03 bits per heavy atom. The maximum absolute atomic E-state index is 13.1. The molecule has 4 rings (SSSR count). The van der Waals surface area contributed by atoms with E-state index in [0.29, 0.717) is 36.2 Å². The standard InChI is InChI=1S/C22H41N7O2S/c1-14(32-22-27-25-13-28(22)2)15-4-3-5-18(10-15)26-20(30)19-11-16(6-8-24-19)21(31)29-9-7-17(23)12-29/h14-19,22,24-25,27H,3-13,23H2,1-2H3,(H,26,30)/t14-,15?,16?,17+,18?,19?,22?/m0/s1. The van der Waals surface area contributed by atoms with E-state index < -0.39 is 0 Å². The molecule has 0 radical (unpaired) electrons. The number of rotatable bonds is 6. The summed E-state index contributed by atoms with van der Waals surface area (Å²) in [7, 11) is 2.12. The molecular formula is C22H41N7O2S. The first-order valence-electron chi connectivity index (χ1n) is 12.3. The van der Waals surface area contributed by atoms with Crippen molar-refractivity contribution in [2.75, 3.05) is 33.4 Å². The molecular weight excluding hydrogens is 426 g/mol. The molecule has 7 atom stereocenters. The van der Waals surface area contributed by atoms with E-state index >= 15 is 0 Å². The summed E-state index contributed by atoms with van der Waals surface area (Å²) in [5.74, 6) is 0.772. The Morgan fingerprint density at radius 1 is 1.19 bits per heavy atom. The summed E-state index contributed by atoms with van der Waals surface area (Å²) in [6.45, 7) is 5.29. The maximum Gasteiger partial charge on any atom is 0.237 e. The molecule has 3 aliphatic heterocycles. The van der Waals surface area contributed by atoms with Crippen LogP contribution < -0.4 is 27.2 Å². The molecule has 0 spiro atoms. The van der Waals surface area contributed by atoms with Crippen molar-refractivity contribution in [3.8, 4) is 0 Å². The summed E-state index contributed by atoms with van der Waals surface area (Å²) < 4.78 is 0. The van der Waals surface area contributed by atoms with Crippen LogP contribution in [0.15, 0.2) is 0 Å². The highest BCUT2D eigenvalue weighted by molar-refractivity contribution is 8.00. The van der Waals surface area contributed by atoms with Gasteiger partial charge in [0.25, 0.3) is 0 Å². The van der Waals surface area contributed by atoms with Crippen LogP contribution in [0, 0.1) is 11.8 Å². The average molecular weight is 468 g/mol. The van der Waals surface area contributed by atoms with Gasteiger partial charge in [-0.15, -0.1) is 11.8 Å². The average Bonchev–Trinajstić information content (AvgIpc) is 3.41. The van der Waals surface area contributed by atoms with E-state index in [2.05, 4.69) is 40.4 Å². The fraction of sp³-hybridized carbons (Fsp3) is 0.909. The number of hydrogen-bond donors (Lipinski definition) is 5. The van der Waals surface area contributed by atoms with E-state index in [1.54, 1.807) is 0 Å². The van der Waals surface area contributed by atoms with E-state index in [1.807, 2.05) is 16.7 Å². The van der Waals surface area contributed by atoms with Gasteiger partial charge in [0.2, 0.25) is 11.8 Å². The molecule has 10 heteroatoms. The molecule has 6 N–H and O–H groups in total. The Balaban J connectivity index is 1.25. The number of carbonyl (C=O) groups is 2. The highest BCUT2D eigenvalue weighted by atomic mass is 32.2. The Labute approximate surface area is 196 Å². The van der Waals surface area contributed by atoms with Crippen LogP contribution in [0.3, 0.4) is 0 Å². The molecule has 32 heavy (non-hydrogen) atoms. The number of nitrogens with one attached hydrogen (secondary N) is 4. The molecule has 1 saturated carbocycles.